The number of rotatable bonds is 5. The predicted molar refractivity (Wildman–Crippen MR) is 117 cm³/mol. The van der Waals surface area contributed by atoms with E-state index in [-0.39, 0.29) is 0 Å². The highest BCUT2D eigenvalue weighted by Crippen LogP contribution is 2.35. The third-order valence-electron chi connectivity index (χ3n) is 3.68. The van der Waals surface area contributed by atoms with Gasteiger partial charge >= 0.3 is 6.03 Å². The van der Waals surface area contributed by atoms with Crippen LogP contribution in [0.1, 0.15) is 49.9 Å². The van der Waals surface area contributed by atoms with E-state index in [1.807, 2.05) is 78.8 Å². The second-order valence-electron chi connectivity index (χ2n) is 5.38. The van der Waals surface area contributed by atoms with Crippen molar-refractivity contribution in [3.05, 3.63) is 52.6 Å². The number of nitrogens with zero attached hydrogens (tertiary/aromatic N) is 1. The number of ether oxygens (including phenoxy) is 2. The monoisotopic (exact) mass is 387 g/mol. The zero-order valence-electron chi connectivity index (χ0n) is 18.2. The Morgan fingerprint density at radius 2 is 1.61 bits per heavy atom. The molecule has 0 bridgehead atoms. The van der Waals surface area contributed by atoms with Gasteiger partial charge in [0, 0.05) is 0 Å². The Labute approximate surface area is 168 Å². The third-order valence-corrected chi connectivity index (χ3v) is 3.68. The molecule has 28 heavy (non-hydrogen) atoms. The number of nitrogens with two attached hydrogens (primary N) is 1. The summed E-state index contributed by atoms with van der Waals surface area (Å²) in [7, 11) is 1.67. The van der Waals surface area contributed by atoms with Crippen LogP contribution >= 0.6 is 0 Å². The van der Waals surface area contributed by atoms with Crippen LogP contribution in [-0.2, 0) is 0 Å². The summed E-state index contributed by atoms with van der Waals surface area (Å²) in [6.45, 7) is 14.0. The molecule has 6 heteroatoms. The Balaban J connectivity index is 0.00000171. The zero-order valence-corrected chi connectivity index (χ0v) is 18.2. The minimum absolute atomic E-state index is 0.702. The molecule has 154 valence electrons. The van der Waals surface area contributed by atoms with Gasteiger partial charge in [-0.05, 0) is 73.4 Å². The number of benzene rings is 2. The van der Waals surface area contributed by atoms with Crippen LogP contribution in [0.4, 0.5) is 4.79 Å². The van der Waals surface area contributed by atoms with Crippen LogP contribution in [-0.4, -0.2) is 19.4 Å². The molecule has 0 aliphatic rings. The van der Waals surface area contributed by atoms with E-state index in [2.05, 4.69) is 10.5 Å². The molecule has 2 aromatic rings. The van der Waals surface area contributed by atoms with Gasteiger partial charge in [0.1, 0.15) is 17.2 Å². The van der Waals surface area contributed by atoms with Crippen molar-refractivity contribution >= 4 is 12.2 Å². The summed E-state index contributed by atoms with van der Waals surface area (Å²) in [5, 5.41) is 3.71. The summed E-state index contributed by atoms with van der Waals surface area (Å²) in [4.78, 5) is 10.5. The molecule has 6 nitrogen and oxygen atoms in total. The molecule has 0 atom stereocenters. The molecular weight excluding hydrogens is 354 g/mol. The van der Waals surface area contributed by atoms with Crippen molar-refractivity contribution in [3.8, 4) is 17.2 Å². The Morgan fingerprint density at radius 1 is 1.04 bits per heavy atom. The molecule has 0 aliphatic carbocycles. The number of hydrogen-bond acceptors (Lipinski definition) is 4. The van der Waals surface area contributed by atoms with Gasteiger partial charge in [0.15, 0.2) is 0 Å². The normalized spacial score (nSPS) is 9.57. The minimum Gasteiger partial charge on any atom is -0.496 e. The van der Waals surface area contributed by atoms with Crippen LogP contribution < -0.4 is 20.6 Å². The topological polar surface area (TPSA) is 85.9 Å². The summed E-state index contributed by atoms with van der Waals surface area (Å²) >= 11 is 0. The average molecular weight is 388 g/mol. The summed E-state index contributed by atoms with van der Waals surface area (Å²) in [5.74, 6) is 2.39. The summed E-state index contributed by atoms with van der Waals surface area (Å²) in [6, 6.07) is 8.60. The Bertz CT molecular complexity index is 770. The molecule has 0 saturated heterocycles. The number of primary amides is 1. The highest BCUT2D eigenvalue weighted by Gasteiger charge is 2.12. The Kier molecular flexibility index (Phi) is 11.8. The van der Waals surface area contributed by atoms with E-state index in [1.54, 1.807) is 7.11 Å². The molecule has 0 aromatic heterocycles. The van der Waals surface area contributed by atoms with Gasteiger partial charge in [-0.1, -0.05) is 27.7 Å². The van der Waals surface area contributed by atoms with Gasteiger partial charge < -0.3 is 15.2 Å². The smallest absolute Gasteiger partial charge is 0.332 e. The zero-order chi connectivity index (χ0) is 21.7. The summed E-state index contributed by atoms with van der Waals surface area (Å²) < 4.78 is 11.4. The van der Waals surface area contributed by atoms with Crippen LogP contribution in [0.3, 0.4) is 0 Å². The van der Waals surface area contributed by atoms with Gasteiger partial charge in [-0.15, -0.1) is 0 Å². The molecule has 3 N–H and O–H groups in total. The van der Waals surface area contributed by atoms with Crippen molar-refractivity contribution in [1.82, 2.24) is 5.43 Å². The number of carbonyl (C=O) groups excluding carboxylic acids is 1. The lowest BCUT2D eigenvalue weighted by molar-refractivity contribution is 0.249. The highest BCUT2D eigenvalue weighted by molar-refractivity contribution is 5.81. The summed E-state index contributed by atoms with van der Waals surface area (Å²) in [5.41, 5.74) is 11.0. The number of methoxy groups -OCH3 is 1. The van der Waals surface area contributed by atoms with E-state index in [9.17, 15) is 4.79 Å². The number of amides is 2. The van der Waals surface area contributed by atoms with Gasteiger partial charge in [-0.3, -0.25) is 0 Å². The number of nitrogens with one attached hydrogen (secondary N) is 1. The van der Waals surface area contributed by atoms with Gasteiger partial charge in [0.2, 0.25) is 0 Å². The van der Waals surface area contributed by atoms with Gasteiger partial charge in [-0.25, -0.2) is 10.2 Å². The second kappa shape index (κ2) is 13.2. The molecule has 0 spiro atoms. The molecule has 0 aliphatic heterocycles. The van der Waals surface area contributed by atoms with E-state index in [0.717, 1.165) is 33.8 Å². The van der Waals surface area contributed by atoms with E-state index in [4.69, 9.17) is 15.2 Å². The van der Waals surface area contributed by atoms with Crippen LogP contribution in [0.15, 0.2) is 35.4 Å². The number of aryl methyl sites for hydroxylation is 1. The van der Waals surface area contributed by atoms with Crippen molar-refractivity contribution in [2.24, 2.45) is 10.8 Å². The van der Waals surface area contributed by atoms with E-state index in [0.29, 0.717) is 5.75 Å². The lowest BCUT2D eigenvalue weighted by atomic mass is 10.0. The molecule has 0 saturated carbocycles. The van der Waals surface area contributed by atoms with Crippen molar-refractivity contribution in [2.75, 3.05) is 7.11 Å². The first kappa shape index (κ1) is 25.0. The Hall–Kier alpha value is -3.02. The standard InChI is InChI=1S/C18H21N3O3.2C2H6/c1-11-9-16(12(2)13(3)17(11)23-4)24-15-7-5-14(6-8-15)10-20-21-18(19)22;2*1-2/h5-10H,1-4H3,(H3,19,21,22);2*1-2H3/b20-10-;;. The van der Waals surface area contributed by atoms with Crippen LogP contribution in [0.25, 0.3) is 0 Å². The van der Waals surface area contributed by atoms with Crippen LogP contribution in [0.5, 0.6) is 17.2 Å². The minimum atomic E-state index is -0.702. The van der Waals surface area contributed by atoms with Crippen LogP contribution in [0.2, 0.25) is 0 Å². The van der Waals surface area contributed by atoms with Crippen LogP contribution in [0, 0.1) is 20.8 Å². The molecular formula is C22H33N3O3. The first-order valence-electron chi connectivity index (χ1n) is 9.43. The number of carbonyl (C=O) groups is 1. The van der Waals surface area contributed by atoms with Gasteiger partial charge in [0.25, 0.3) is 0 Å². The summed E-state index contributed by atoms with van der Waals surface area (Å²) in [6.07, 6.45) is 1.50. The van der Waals surface area contributed by atoms with Crippen molar-refractivity contribution < 1.29 is 14.3 Å². The lowest BCUT2D eigenvalue weighted by Gasteiger charge is -2.16. The first-order valence-corrected chi connectivity index (χ1v) is 9.43. The molecule has 0 fully saturated rings. The molecule has 0 unspecified atom stereocenters. The predicted octanol–water partition coefficient (Wildman–Crippen LogP) is 5.47. The highest BCUT2D eigenvalue weighted by atomic mass is 16.5. The molecule has 2 aromatic carbocycles. The average Bonchev–Trinajstić information content (AvgIpc) is 2.70. The van der Waals surface area contributed by atoms with Crippen molar-refractivity contribution in [3.63, 3.8) is 0 Å². The third kappa shape index (κ3) is 7.31. The SMILES string of the molecule is CC.CC.COc1c(C)cc(Oc2ccc(/C=N\NC(N)=O)cc2)c(C)c1C. The molecule has 0 heterocycles. The maximum absolute atomic E-state index is 10.5. The van der Waals surface area contributed by atoms with Gasteiger partial charge in [-0.2, -0.15) is 5.10 Å². The molecule has 0 radical (unpaired) electrons. The van der Waals surface area contributed by atoms with Crippen molar-refractivity contribution in [1.29, 1.82) is 0 Å². The quantitative estimate of drug-likeness (QED) is 0.527. The first-order chi connectivity index (χ1) is 13.4. The fourth-order valence-electron chi connectivity index (χ4n) is 2.36. The van der Waals surface area contributed by atoms with Gasteiger partial charge in [0.05, 0.1) is 13.3 Å². The Morgan fingerprint density at radius 3 is 2.11 bits per heavy atom. The number of hydrogen-bond donors (Lipinski definition) is 2. The van der Waals surface area contributed by atoms with E-state index < -0.39 is 6.03 Å². The fourth-order valence-corrected chi connectivity index (χ4v) is 2.36. The van der Waals surface area contributed by atoms with E-state index in [1.165, 1.54) is 6.21 Å². The molecule has 2 rings (SSSR count). The number of urea groups is 1. The second-order valence-corrected chi connectivity index (χ2v) is 5.38. The lowest BCUT2D eigenvalue weighted by Crippen LogP contribution is -2.24. The maximum Gasteiger partial charge on any atom is 0.332 e. The van der Waals surface area contributed by atoms with Crippen molar-refractivity contribution in [2.45, 2.75) is 48.5 Å². The largest absolute Gasteiger partial charge is 0.496 e. The molecule has 2 amide bonds. The fraction of sp³-hybridized carbons (Fsp3) is 0.364. The number of hydrazone groups is 1. The van der Waals surface area contributed by atoms with E-state index >= 15 is 0 Å². The maximum atomic E-state index is 10.5.